The van der Waals surface area contributed by atoms with Crippen molar-refractivity contribution in [1.82, 2.24) is 0 Å². The molecule has 1 aromatic rings. The van der Waals surface area contributed by atoms with E-state index in [1.165, 1.54) is 24.3 Å². The second-order valence-electron chi connectivity index (χ2n) is 2.57. The van der Waals surface area contributed by atoms with Crippen LogP contribution in [0.2, 0.25) is 0 Å². The first-order valence-corrected chi connectivity index (χ1v) is 5.35. The quantitative estimate of drug-likeness (QED) is 0.635. The molecule has 0 spiro atoms. The van der Waals surface area contributed by atoms with E-state index in [1.54, 1.807) is 0 Å². The molecule has 0 N–H and O–H groups in total. The summed E-state index contributed by atoms with van der Waals surface area (Å²) in [7, 11) is 0. The predicted molar refractivity (Wildman–Crippen MR) is 60.2 cm³/mol. The number of hydrogen-bond acceptors (Lipinski definition) is 0. The maximum Gasteiger partial charge on any atom is 0.283 e. The molecular weight excluding hydrogens is 292 g/mol. The molecule has 78 valence electrons. The van der Waals surface area contributed by atoms with Crippen LogP contribution in [0.25, 0.3) is 0 Å². The lowest BCUT2D eigenvalue weighted by atomic mass is 10.2. The second-order valence-corrected chi connectivity index (χ2v) is 6.09. The molecule has 6 heteroatoms. The molecule has 0 saturated heterocycles. The lowest BCUT2D eigenvalue weighted by molar-refractivity contribution is 0.405. The monoisotopic (exact) mass is 294 g/mol. The highest BCUT2D eigenvalue weighted by Crippen LogP contribution is 2.40. The summed E-state index contributed by atoms with van der Waals surface area (Å²) < 4.78 is 9.03. The summed E-state index contributed by atoms with van der Waals surface area (Å²) >= 11 is 27.2. The van der Waals surface area contributed by atoms with Crippen LogP contribution in [0, 0.1) is 0 Å². The Bertz CT molecular complexity index is 275. The third-order valence-electron chi connectivity index (χ3n) is 1.54. The Labute approximate surface area is 106 Å². The van der Waals surface area contributed by atoms with Crippen LogP contribution < -0.4 is 0 Å². The van der Waals surface area contributed by atoms with Crippen molar-refractivity contribution in [2.24, 2.45) is 0 Å². The lowest BCUT2D eigenvalue weighted by Gasteiger charge is -2.13. The van der Waals surface area contributed by atoms with E-state index in [1.807, 2.05) is 0 Å². The number of alkyl halides is 6. The number of rotatable bonds is 1. The Balaban J connectivity index is 3.02. The third kappa shape index (κ3) is 3.32. The van der Waals surface area contributed by atoms with Gasteiger partial charge >= 0.3 is 0 Å². The molecule has 0 radical (unpaired) electrons. The van der Waals surface area contributed by atoms with Gasteiger partial charge in [-0.15, -0.1) is 0 Å². The first-order chi connectivity index (χ1) is 6.21. The van der Waals surface area contributed by atoms with E-state index in [2.05, 4.69) is 0 Å². The highest BCUT2D eigenvalue weighted by atomic mass is 35.6. The number of halogens is 6. The summed E-state index contributed by atoms with van der Waals surface area (Å²) in [5.41, 5.74) is 0.516. The first-order valence-electron chi connectivity index (χ1n) is 3.46. The van der Waals surface area contributed by atoms with Crippen molar-refractivity contribution in [1.29, 1.82) is 0 Å². The van der Waals surface area contributed by atoms with Gasteiger partial charge in [0, 0.05) is 11.1 Å². The van der Waals surface area contributed by atoms with Gasteiger partial charge in [-0.1, -0.05) is 82.3 Å². The molecule has 0 aromatic heterocycles. The second kappa shape index (κ2) is 4.23. The molecule has 1 aromatic carbocycles. The van der Waals surface area contributed by atoms with Crippen molar-refractivity contribution < 1.29 is 4.39 Å². The zero-order chi connectivity index (χ0) is 11.0. The van der Waals surface area contributed by atoms with Crippen LogP contribution in [0.4, 0.5) is 4.39 Å². The van der Waals surface area contributed by atoms with Crippen LogP contribution >= 0.6 is 58.0 Å². The first kappa shape index (κ1) is 12.7. The van der Waals surface area contributed by atoms with E-state index in [9.17, 15) is 4.39 Å². The molecule has 0 aliphatic heterocycles. The van der Waals surface area contributed by atoms with Crippen LogP contribution in [0.1, 0.15) is 11.1 Å². The highest BCUT2D eigenvalue weighted by Gasteiger charge is 2.27. The Morgan fingerprint density at radius 3 is 1.43 bits per heavy atom. The summed E-state index contributed by atoms with van der Waals surface area (Å²) in [6.07, 6.45) is 0. The fourth-order valence-electron chi connectivity index (χ4n) is 0.848. The average molecular weight is 296 g/mol. The van der Waals surface area contributed by atoms with E-state index >= 15 is 0 Å². The van der Waals surface area contributed by atoms with Gasteiger partial charge in [0.15, 0.2) is 0 Å². The SMILES string of the molecule is FC(Cl)(Cl)c1ccc(C(Cl)(Cl)Cl)cc1. The van der Waals surface area contributed by atoms with Gasteiger partial charge in [0.25, 0.3) is 4.59 Å². The maximum absolute atomic E-state index is 13.0. The Kier molecular flexibility index (Phi) is 3.83. The standard InChI is InChI=1S/C8H4Cl5F/c9-7(10,11)5-1-3-6(4-2-5)8(12,13)14/h1-4H. The van der Waals surface area contributed by atoms with Crippen LogP contribution in [0.3, 0.4) is 0 Å². The van der Waals surface area contributed by atoms with Gasteiger partial charge in [0.05, 0.1) is 0 Å². The summed E-state index contributed by atoms with van der Waals surface area (Å²) in [6, 6.07) is 5.61. The molecule has 0 aliphatic rings. The van der Waals surface area contributed by atoms with Crippen molar-refractivity contribution >= 4 is 58.0 Å². The summed E-state index contributed by atoms with van der Waals surface area (Å²) in [4.78, 5) is 0. The van der Waals surface area contributed by atoms with E-state index in [4.69, 9.17) is 58.0 Å². The summed E-state index contributed by atoms with van der Waals surface area (Å²) in [6.45, 7) is 0. The molecule has 0 bridgehead atoms. The predicted octanol–water partition coefficient (Wildman–Crippen LogP) is 5.07. The van der Waals surface area contributed by atoms with E-state index in [0.29, 0.717) is 5.56 Å². The lowest BCUT2D eigenvalue weighted by Crippen LogP contribution is -2.04. The van der Waals surface area contributed by atoms with Gasteiger partial charge in [-0.3, -0.25) is 0 Å². The molecule has 0 unspecified atom stereocenters. The zero-order valence-corrected chi connectivity index (χ0v) is 10.4. The topological polar surface area (TPSA) is 0 Å². The largest absolute Gasteiger partial charge is 0.283 e. The van der Waals surface area contributed by atoms with Gasteiger partial charge in [-0.05, 0) is 0 Å². The minimum absolute atomic E-state index is 0.0961. The molecule has 0 heterocycles. The molecule has 1 rings (SSSR count). The Morgan fingerprint density at radius 1 is 0.786 bits per heavy atom. The highest BCUT2D eigenvalue weighted by molar-refractivity contribution is 6.66. The maximum atomic E-state index is 13.0. The summed E-state index contributed by atoms with van der Waals surface area (Å²) in [5, 5.41) is 0. The van der Waals surface area contributed by atoms with E-state index in [0.717, 1.165) is 0 Å². The van der Waals surface area contributed by atoms with Crippen LogP contribution in [-0.4, -0.2) is 0 Å². The van der Waals surface area contributed by atoms with Crippen LogP contribution in [0.5, 0.6) is 0 Å². The average Bonchev–Trinajstić information content (AvgIpc) is 2.01. The van der Waals surface area contributed by atoms with Crippen LogP contribution in [-0.2, 0) is 8.38 Å². The fraction of sp³-hybridized carbons (Fsp3) is 0.250. The minimum atomic E-state index is -2.42. The fourth-order valence-corrected chi connectivity index (χ4v) is 1.48. The van der Waals surface area contributed by atoms with Gasteiger partial charge in [-0.25, -0.2) is 4.39 Å². The Hall–Kier alpha value is 0.600. The minimum Gasteiger partial charge on any atom is -0.203 e. The van der Waals surface area contributed by atoms with E-state index in [-0.39, 0.29) is 5.56 Å². The van der Waals surface area contributed by atoms with Crippen molar-refractivity contribution in [3.8, 4) is 0 Å². The molecule has 0 amide bonds. The molecule has 0 saturated carbocycles. The number of benzene rings is 1. The Morgan fingerprint density at radius 2 is 1.14 bits per heavy atom. The molecule has 0 fully saturated rings. The van der Waals surface area contributed by atoms with Crippen LogP contribution in [0.15, 0.2) is 24.3 Å². The zero-order valence-electron chi connectivity index (χ0n) is 6.58. The van der Waals surface area contributed by atoms with E-state index < -0.39 is 8.38 Å². The summed E-state index contributed by atoms with van der Waals surface area (Å²) in [5.74, 6) is 0. The molecule has 0 nitrogen and oxygen atoms in total. The molecule has 0 atom stereocenters. The van der Waals surface area contributed by atoms with Crippen molar-refractivity contribution in [2.45, 2.75) is 8.38 Å². The smallest absolute Gasteiger partial charge is 0.203 e. The van der Waals surface area contributed by atoms with Crippen molar-refractivity contribution in [3.05, 3.63) is 35.4 Å². The van der Waals surface area contributed by atoms with Gasteiger partial charge in [-0.2, -0.15) is 0 Å². The van der Waals surface area contributed by atoms with Gasteiger partial charge < -0.3 is 0 Å². The molecular formula is C8H4Cl5F. The number of hydrogen-bond donors (Lipinski definition) is 0. The normalized spacial score (nSPS) is 13.0. The van der Waals surface area contributed by atoms with Gasteiger partial charge in [0.1, 0.15) is 0 Å². The van der Waals surface area contributed by atoms with Gasteiger partial charge in [0.2, 0.25) is 3.79 Å². The molecule has 0 aliphatic carbocycles. The third-order valence-corrected chi connectivity index (χ3v) is 2.63. The molecule has 14 heavy (non-hydrogen) atoms. The van der Waals surface area contributed by atoms with Crippen molar-refractivity contribution in [3.63, 3.8) is 0 Å². The van der Waals surface area contributed by atoms with Crippen molar-refractivity contribution in [2.75, 3.05) is 0 Å².